The highest BCUT2D eigenvalue weighted by molar-refractivity contribution is 8.02. The average Bonchev–Trinajstić information content (AvgIpc) is 2.77. The third kappa shape index (κ3) is 3.94. The van der Waals surface area contributed by atoms with Crippen LogP contribution in [-0.2, 0) is 11.4 Å². The third-order valence-electron chi connectivity index (χ3n) is 5.33. The Bertz CT molecular complexity index is 1020. The van der Waals surface area contributed by atoms with Crippen LogP contribution < -0.4 is 10.1 Å². The first-order chi connectivity index (χ1) is 14.2. The number of Topliss-reactive ketones (excluding diaryl/α,β-unsaturated/α-hetero) is 1. The number of ether oxygens (including phenoxy) is 1. The molecule has 2 aliphatic rings. The Morgan fingerprint density at radius 3 is 2.59 bits per heavy atom. The molecule has 0 unspecified atom stereocenters. The quantitative estimate of drug-likeness (QED) is 0.758. The predicted octanol–water partition coefficient (Wildman–Crippen LogP) is 5.06. The Hall–Kier alpha value is -2.97. The van der Waals surface area contributed by atoms with Crippen molar-refractivity contribution in [3.05, 3.63) is 87.6 Å². The van der Waals surface area contributed by atoms with Gasteiger partial charge in [-0.3, -0.25) is 4.79 Å². The van der Waals surface area contributed by atoms with Crippen LogP contribution in [0.3, 0.4) is 0 Å². The van der Waals surface area contributed by atoms with Gasteiger partial charge >= 0.3 is 0 Å². The van der Waals surface area contributed by atoms with Crippen molar-refractivity contribution in [2.24, 2.45) is 0 Å². The summed E-state index contributed by atoms with van der Waals surface area (Å²) in [7, 11) is 0. The molecule has 1 N–H and O–H groups in total. The number of dihydropyridines is 1. The normalized spacial score (nSPS) is 18.8. The van der Waals surface area contributed by atoms with Crippen LogP contribution in [0.15, 0.2) is 76.5 Å². The number of hydrogen-bond acceptors (Lipinski definition) is 5. The number of nitriles is 1. The second kappa shape index (κ2) is 8.59. The molecule has 1 atom stereocenters. The summed E-state index contributed by atoms with van der Waals surface area (Å²) in [6.45, 7) is 0.501. The fourth-order valence-electron chi connectivity index (χ4n) is 3.92. The second-order valence-corrected chi connectivity index (χ2v) is 7.95. The number of thioether (sulfide) groups is 1. The van der Waals surface area contributed by atoms with Crippen LogP contribution in [0.4, 0.5) is 0 Å². The van der Waals surface area contributed by atoms with E-state index in [1.54, 1.807) is 0 Å². The van der Waals surface area contributed by atoms with Crippen molar-refractivity contribution in [1.29, 1.82) is 5.26 Å². The third-order valence-corrected chi connectivity index (χ3v) is 6.06. The molecule has 1 aliphatic carbocycles. The number of nitrogens with zero attached hydrogens (tertiary/aromatic N) is 1. The molecular weight excluding hydrogens is 380 g/mol. The Morgan fingerprint density at radius 1 is 1.14 bits per heavy atom. The van der Waals surface area contributed by atoms with E-state index in [4.69, 9.17) is 4.74 Å². The molecule has 2 aromatic carbocycles. The van der Waals surface area contributed by atoms with E-state index in [0.29, 0.717) is 18.6 Å². The zero-order valence-electron chi connectivity index (χ0n) is 16.3. The van der Waals surface area contributed by atoms with Crippen molar-refractivity contribution >= 4 is 17.5 Å². The molecule has 0 amide bonds. The molecule has 1 heterocycles. The van der Waals surface area contributed by atoms with Gasteiger partial charge in [-0.25, -0.2) is 0 Å². The largest absolute Gasteiger partial charge is 0.489 e. The highest BCUT2D eigenvalue weighted by Gasteiger charge is 2.36. The molecule has 0 radical (unpaired) electrons. The van der Waals surface area contributed by atoms with Crippen molar-refractivity contribution < 1.29 is 9.53 Å². The molecule has 0 saturated carbocycles. The van der Waals surface area contributed by atoms with Gasteiger partial charge in [-0.2, -0.15) is 5.26 Å². The highest BCUT2D eigenvalue weighted by Crippen LogP contribution is 2.43. The van der Waals surface area contributed by atoms with Crippen LogP contribution in [0.2, 0.25) is 0 Å². The van der Waals surface area contributed by atoms with Crippen LogP contribution in [0.5, 0.6) is 5.75 Å². The molecule has 29 heavy (non-hydrogen) atoms. The van der Waals surface area contributed by atoms with E-state index in [-0.39, 0.29) is 11.7 Å². The summed E-state index contributed by atoms with van der Waals surface area (Å²) in [5, 5.41) is 14.0. The van der Waals surface area contributed by atoms with Gasteiger partial charge in [0.25, 0.3) is 0 Å². The van der Waals surface area contributed by atoms with E-state index < -0.39 is 0 Å². The zero-order chi connectivity index (χ0) is 20.2. The van der Waals surface area contributed by atoms with Crippen LogP contribution in [-0.4, -0.2) is 12.0 Å². The predicted molar refractivity (Wildman–Crippen MR) is 115 cm³/mol. The number of carbonyl (C=O) groups is 1. The molecule has 0 bridgehead atoms. The van der Waals surface area contributed by atoms with Gasteiger partial charge in [0.2, 0.25) is 0 Å². The van der Waals surface area contributed by atoms with Gasteiger partial charge in [0.05, 0.1) is 22.6 Å². The summed E-state index contributed by atoms with van der Waals surface area (Å²) in [4.78, 5) is 12.7. The van der Waals surface area contributed by atoms with Crippen molar-refractivity contribution in [3.8, 4) is 11.8 Å². The van der Waals surface area contributed by atoms with Crippen LogP contribution in [0, 0.1) is 11.3 Å². The molecule has 4 nitrogen and oxygen atoms in total. The van der Waals surface area contributed by atoms with E-state index in [1.807, 2.05) is 60.9 Å². The highest BCUT2D eigenvalue weighted by atomic mass is 32.2. The van der Waals surface area contributed by atoms with Crippen LogP contribution in [0.1, 0.15) is 36.3 Å². The molecular formula is C24H22N2O2S. The Morgan fingerprint density at radius 2 is 1.90 bits per heavy atom. The number of allylic oxidation sites excluding steroid dienone is 3. The van der Waals surface area contributed by atoms with E-state index in [2.05, 4.69) is 11.4 Å². The van der Waals surface area contributed by atoms with E-state index in [1.165, 1.54) is 11.8 Å². The molecule has 146 valence electrons. The molecule has 5 heteroatoms. The standard InChI is InChI=1S/C24H22N2O2S/c1-29-24-19(14-25)22(23-20(26-24)8-5-9-21(23)27)17-10-12-18(13-11-17)28-15-16-6-3-2-4-7-16/h2-4,6-7,10-13,22,26H,5,8-9,15H2,1H3/t22-/m1/s1. The lowest BCUT2D eigenvalue weighted by Gasteiger charge is -2.33. The minimum absolute atomic E-state index is 0.140. The minimum atomic E-state index is -0.310. The molecule has 2 aromatic rings. The fraction of sp³-hybridized carbons (Fsp3) is 0.250. The van der Waals surface area contributed by atoms with Crippen molar-refractivity contribution in [2.45, 2.75) is 31.8 Å². The molecule has 0 spiro atoms. The van der Waals surface area contributed by atoms with Crippen molar-refractivity contribution in [3.63, 3.8) is 0 Å². The zero-order valence-corrected chi connectivity index (χ0v) is 17.1. The Kier molecular flexibility index (Phi) is 5.73. The molecule has 1 aliphatic heterocycles. The van der Waals surface area contributed by atoms with Gasteiger partial charge in [0.15, 0.2) is 5.78 Å². The van der Waals surface area contributed by atoms with E-state index >= 15 is 0 Å². The number of benzene rings is 2. The number of rotatable bonds is 5. The van der Waals surface area contributed by atoms with Gasteiger partial charge in [-0.1, -0.05) is 42.5 Å². The number of ketones is 1. The molecule has 4 rings (SSSR count). The summed E-state index contributed by atoms with van der Waals surface area (Å²) >= 11 is 1.52. The summed E-state index contributed by atoms with van der Waals surface area (Å²) in [5.74, 6) is 0.596. The lowest BCUT2D eigenvalue weighted by atomic mass is 9.77. The number of carbonyl (C=O) groups excluding carboxylic acids is 1. The maximum absolute atomic E-state index is 12.7. The van der Waals surface area contributed by atoms with Gasteiger partial charge < -0.3 is 10.1 Å². The SMILES string of the molecule is CSC1=C(C#N)[C@@H](c2ccc(OCc3ccccc3)cc2)C2=C(CCCC2=O)N1. The van der Waals surface area contributed by atoms with Gasteiger partial charge in [0, 0.05) is 17.7 Å². The lowest BCUT2D eigenvalue weighted by Crippen LogP contribution is -2.31. The van der Waals surface area contributed by atoms with E-state index in [0.717, 1.165) is 46.0 Å². The maximum Gasteiger partial charge on any atom is 0.161 e. The Balaban J connectivity index is 1.63. The second-order valence-electron chi connectivity index (χ2n) is 7.13. The van der Waals surface area contributed by atoms with Gasteiger partial charge in [0.1, 0.15) is 12.4 Å². The van der Waals surface area contributed by atoms with Crippen molar-refractivity contribution in [2.75, 3.05) is 6.26 Å². The minimum Gasteiger partial charge on any atom is -0.489 e. The summed E-state index contributed by atoms with van der Waals surface area (Å²) in [5.41, 5.74) is 4.40. The van der Waals surface area contributed by atoms with Gasteiger partial charge in [-0.15, -0.1) is 11.8 Å². The van der Waals surface area contributed by atoms with Crippen molar-refractivity contribution in [1.82, 2.24) is 5.32 Å². The van der Waals surface area contributed by atoms with E-state index in [9.17, 15) is 10.1 Å². The summed E-state index contributed by atoms with van der Waals surface area (Å²) in [6, 6.07) is 20.1. The lowest BCUT2D eigenvalue weighted by molar-refractivity contribution is -0.116. The summed E-state index contributed by atoms with van der Waals surface area (Å²) in [6.07, 6.45) is 4.20. The monoisotopic (exact) mass is 402 g/mol. The van der Waals surface area contributed by atoms with Gasteiger partial charge in [-0.05, 0) is 42.4 Å². The van der Waals surface area contributed by atoms with Crippen LogP contribution in [0.25, 0.3) is 0 Å². The molecule has 0 fully saturated rings. The first kappa shape index (κ1) is 19.4. The first-order valence-corrected chi connectivity index (χ1v) is 10.9. The molecule has 0 aromatic heterocycles. The molecule has 0 saturated heterocycles. The first-order valence-electron chi connectivity index (χ1n) is 9.69. The Labute approximate surface area is 175 Å². The maximum atomic E-state index is 12.7. The smallest absolute Gasteiger partial charge is 0.161 e. The summed E-state index contributed by atoms with van der Waals surface area (Å²) < 4.78 is 5.89. The number of hydrogen-bond donors (Lipinski definition) is 1. The number of nitrogens with one attached hydrogen (secondary N) is 1. The van der Waals surface area contributed by atoms with Crippen LogP contribution >= 0.6 is 11.8 Å². The average molecular weight is 403 g/mol. The topological polar surface area (TPSA) is 62.1 Å². The fourth-order valence-corrected chi connectivity index (χ4v) is 4.52.